The van der Waals surface area contributed by atoms with Crippen molar-refractivity contribution in [2.45, 2.75) is 26.7 Å². The number of halogens is 1. The maximum absolute atomic E-state index is 12.4. The van der Waals surface area contributed by atoms with E-state index in [0.717, 1.165) is 30.5 Å². The average Bonchev–Trinajstić information content (AvgIpc) is 2.98. The molecule has 0 atom stereocenters. The van der Waals surface area contributed by atoms with Gasteiger partial charge in [0.2, 0.25) is 11.6 Å². The number of nitro groups is 2. The molecule has 0 radical (unpaired) electrons. The maximum atomic E-state index is 12.4. The smallest absolute Gasteiger partial charge is 0.311 e. The SMILES string of the molecule is CCc1ccc(O)c(OC)c1.CCc1ccc(Oc2ccccc2[N+](=O)[O-])c(OC)c1.O=[N+]([O-])c1ccccc1F. The van der Waals surface area contributed by atoms with Crippen molar-refractivity contribution in [1.82, 2.24) is 0 Å². The summed E-state index contributed by atoms with van der Waals surface area (Å²) < 4.78 is 28.2. The molecule has 1 N–H and O–H groups in total. The van der Waals surface area contributed by atoms with Gasteiger partial charge in [0.1, 0.15) is 0 Å². The predicted octanol–water partition coefficient (Wildman–Crippen LogP) is 7.66. The van der Waals surface area contributed by atoms with Gasteiger partial charge < -0.3 is 19.3 Å². The summed E-state index contributed by atoms with van der Waals surface area (Å²) in [5.41, 5.74) is 1.72. The van der Waals surface area contributed by atoms with Crippen LogP contribution >= 0.6 is 0 Å². The van der Waals surface area contributed by atoms with Gasteiger partial charge in [0.25, 0.3) is 0 Å². The van der Waals surface area contributed by atoms with E-state index in [9.17, 15) is 29.7 Å². The summed E-state index contributed by atoms with van der Waals surface area (Å²) in [6, 6.07) is 22.2. The Labute approximate surface area is 236 Å². The Balaban J connectivity index is 0.000000236. The first-order chi connectivity index (χ1) is 19.6. The Bertz CT molecular complexity index is 1460. The molecule has 0 aromatic heterocycles. The predicted molar refractivity (Wildman–Crippen MR) is 153 cm³/mol. The van der Waals surface area contributed by atoms with E-state index in [1.807, 2.05) is 31.2 Å². The van der Waals surface area contributed by atoms with Crippen LogP contribution in [-0.2, 0) is 12.8 Å². The van der Waals surface area contributed by atoms with Crippen molar-refractivity contribution >= 4 is 11.4 Å². The van der Waals surface area contributed by atoms with Crippen LogP contribution in [0, 0.1) is 26.0 Å². The molecule has 0 fully saturated rings. The van der Waals surface area contributed by atoms with Crippen molar-refractivity contribution in [3.8, 4) is 28.7 Å². The van der Waals surface area contributed by atoms with E-state index in [0.29, 0.717) is 17.2 Å². The number of methoxy groups -OCH3 is 2. The number of nitrogens with zero attached hydrogens (tertiary/aromatic N) is 2. The van der Waals surface area contributed by atoms with E-state index in [1.165, 1.54) is 23.8 Å². The molecule has 0 unspecified atom stereocenters. The first-order valence-electron chi connectivity index (χ1n) is 12.5. The van der Waals surface area contributed by atoms with Crippen LogP contribution in [0.1, 0.15) is 25.0 Å². The fourth-order valence-corrected chi connectivity index (χ4v) is 3.37. The van der Waals surface area contributed by atoms with Gasteiger partial charge in [0, 0.05) is 12.1 Å². The molecule has 0 spiro atoms. The minimum absolute atomic E-state index is 0.0749. The summed E-state index contributed by atoms with van der Waals surface area (Å²) in [7, 11) is 3.09. The summed E-state index contributed by atoms with van der Waals surface area (Å²) in [6.45, 7) is 4.10. The zero-order chi connectivity index (χ0) is 30.4. The zero-order valence-corrected chi connectivity index (χ0v) is 23.1. The summed E-state index contributed by atoms with van der Waals surface area (Å²) >= 11 is 0. The van der Waals surface area contributed by atoms with Crippen LogP contribution in [0.25, 0.3) is 0 Å². The van der Waals surface area contributed by atoms with Gasteiger partial charge in [-0.3, -0.25) is 20.2 Å². The third-order valence-electron chi connectivity index (χ3n) is 5.62. The molecular formula is C30H31FN2O8. The van der Waals surface area contributed by atoms with Crippen LogP contribution in [0.5, 0.6) is 28.7 Å². The molecule has 4 aromatic carbocycles. The Morgan fingerprint density at radius 3 is 1.71 bits per heavy atom. The molecule has 0 bridgehead atoms. The Morgan fingerprint density at radius 2 is 1.20 bits per heavy atom. The molecule has 41 heavy (non-hydrogen) atoms. The van der Waals surface area contributed by atoms with Gasteiger partial charge in [-0.1, -0.05) is 50.2 Å². The first kappa shape index (κ1) is 32.0. The Hall–Kier alpha value is -5.19. The van der Waals surface area contributed by atoms with E-state index in [4.69, 9.17) is 14.2 Å². The summed E-state index contributed by atoms with van der Waals surface area (Å²) in [5, 5.41) is 30.2. The molecule has 0 aliphatic carbocycles. The summed E-state index contributed by atoms with van der Waals surface area (Å²) in [5.74, 6) is 1.16. The van der Waals surface area contributed by atoms with Gasteiger partial charge in [0.15, 0.2) is 23.0 Å². The highest BCUT2D eigenvalue weighted by Crippen LogP contribution is 2.36. The highest BCUT2D eigenvalue weighted by atomic mass is 19.1. The number of hydrogen-bond donors (Lipinski definition) is 1. The summed E-state index contributed by atoms with van der Waals surface area (Å²) in [4.78, 5) is 19.7. The van der Waals surface area contributed by atoms with Gasteiger partial charge in [-0.15, -0.1) is 0 Å². The molecule has 0 heterocycles. The second-order valence-electron chi connectivity index (χ2n) is 8.23. The number of phenols is 1. The van der Waals surface area contributed by atoms with Crippen molar-refractivity contribution in [3.05, 3.63) is 122 Å². The quantitative estimate of drug-likeness (QED) is 0.170. The van der Waals surface area contributed by atoms with E-state index in [-0.39, 0.29) is 17.2 Å². The lowest BCUT2D eigenvalue weighted by atomic mass is 10.1. The van der Waals surface area contributed by atoms with Crippen LogP contribution in [-0.4, -0.2) is 29.2 Å². The molecule has 0 aliphatic rings. The van der Waals surface area contributed by atoms with Crippen LogP contribution in [0.4, 0.5) is 15.8 Å². The van der Waals surface area contributed by atoms with E-state index >= 15 is 0 Å². The van der Waals surface area contributed by atoms with Gasteiger partial charge in [-0.25, -0.2) is 0 Å². The van der Waals surface area contributed by atoms with E-state index in [1.54, 1.807) is 44.6 Å². The van der Waals surface area contributed by atoms with Crippen LogP contribution in [0.3, 0.4) is 0 Å². The molecule has 10 nitrogen and oxygen atoms in total. The number of phenolic OH excluding ortho intramolecular Hbond substituents is 1. The van der Waals surface area contributed by atoms with Gasteiger partial charge in [-0.2, -0.15) is 4.39 Å². The maximum Gasteiger partial charge on any atom is 0.311 e. The van der Waals surface area contributed by atoms with Crippen LogP contribution < -0.4 is 14.2 Å². The third-order valence-corrected chi connectivity index (χ3v) is 5.62. The van der Waals surface area contributed by atoms with Gasteiger partial charge in [-0.05, 0) is 60.4 Å². The van der Waals surface area contributed by atoms with Crippen molar-refractivity contribution < 1.29 is 33.6 Å². The standard InChI is InChI=1S/C15H15NO4.C9H12O2.C6H4FNO2/c1-3-11-8-9-14(15(10-11)19-2)20-13-7-5-4-6-12(13)16(17)18;1-3-7-4-5-8(10)9(6-7)11-2;7-5-3-1-2-4-6(5)8(9)10/h4-10H,3H2,1-2H3;4-6,10H,3H2,1-2H3;1-4H. The fourth-order valence-electron chi connectivity index (χ4n) is 3.37. The normalized spacial score (nSPS) is 9.78. The van der Waals surface area contributed by atoms with Crippen LogP contribution in [0.15, 0.2) is 84.9 Å². The monoisotopic (exact) mass is 566 g/mol. The fraction of sp³-hybridized carbons (Fsp3) is 0.200. The molecule has 4 rings (SSSR count). The molecule has 4 aromatic rings. The number of nitro benzene ring substituents is 2. The lowest BCUT2D eigenvalue weighted by Gasteiger charge is -2.11. The minimum atomic E-state index is -0.799. The molecular weight excluding hydrogens is 535 g/mol. The molecule has 0 saturated carbocycles. The zero-order valence-electron chi connectivity index (χ0n) is 23.1. The lowest BCUT2D eigenvalue weighted by Crippen LogP contribution is -1.95. The molecule has 11 heteroatoms. The number of rotatable bonds is 8. The lowest BCUT2D eigenvalue weighted by molar-refractivity contribution is -0.387. The van der Waals surface area contributed by atoms with E-state index in [2.05, 4.69) is 6.92 Å². The number of aryl methyl sites for hydroxylation is 2. The summed E-state index contributed by atoms with van der Waals surface area (Å²) in [6.07, 6.45) is 1.83. The molecule has 216 valence electrons. The Kier molecular flexibility index (Phi) is 12.5. The Morgan fingerprint density at radius 1 is 0.683 bits per heavy atom. The third kappa shape index (κ3) is 9.50. The number of para-hydroxylation sites is 3. The van der Waals surface area contributed by atoms with Gasteiger partial charge in [0.05, 0.1) is 24.1 Å². The molecule has 0 saturated heterocycles. The highest BCUT2D eigenvalue weighted by molar-refractivity contribution is 5.51. The van der Waals surface area contributed by atoms with E-state index < -0.39 is 21.4 Å². The van der Waals surface area contributed by atoms with Crippen molar-refractivity contribution in [2.24, 2.45) is 0 Å². The van der Waals surface area contributed by atoms with Crippen LogP contribution in [0.2, 0.25) is 0 Å². The minimum Gasteiger partial charge on any atom is -0.504 e. The second kappa shape index (κ2) is 16.0. The number of ether oxygens (including phenoxy) is 3. The van der Waals surface area contributed by atoms with Crippen molar-refractivity contribution in [3.63, 3.8) is 0 Å². The van der Waals surface area contributed by atoms with Crippen molar-refractivity contribution in [2.75, 3.05) is 14.2 Å². The number of aromatic hydroxyl groups is 1. The first-order valence-corrected chi connectivity index (χ1v) is 12.5. The molecule has 0 aliphatic heterocycles. The number of hydrogen-bond acceptors (Lipinski definition) is 8. The second-order valence-corrected chi connectivity index (χ2v) is 8.23. The van der Waals surface area contributed by atoms with Crippen molar-refractivity contribution in [1.29, 1.82) is 0 Å². The largest absolute Gasteiger partial charge is 0.504 e. The highest BCUT2D eigenvalue weighted by Gasteiger charge is 2.16. The average molecular weight is 567 g/mol. The van der Waals surface area contributed by atoms with Gasteiger partial charge >= 0.3 is 11.4 Å². The topological polar surface area (TPSA) is 134 Å². The molecule has 0 amide bonds. The number of benzene rings is 4.